The summed E-state index contributed by atoms with van der Waals surface area (Å²) in [7, 11) is 1.81. The summed E-state index contributed by atoms with van der Waals surface area (Å²) in [6, 6.07) is 0. The maximum atomic E-state index is 11.9. The zero-order valence-corrected chi connectivity index (χ0v) is 9.96. The van der Waals surface area contributed by atoms with Gasteiger partial charge in [0, 0.05) is 20.1 Å². The van der Waals surface area contributed by atoms with Gasteiger partial charge >= 0.3 is 0 Å². The van der Waals surface area contributed by atoms with E-state index in [0.717, 1.165) is 25.9 Å². The first-order valence-electron chi connectivity index (χ1n) is 5.73. The van der Waals surface area contributed by atoms with Crippen molar-refractivity contribution in [2.24, 2.45) is 0 Å². The normalized spacial score (nSPS) is 15.0. The first-order valence-corrected chi connectivity index (χ1v) is 5.73. The minimum atomic E-state index is 0.130. The van der Waals surface area contributed by atoms with Crippen LogP contribution in [0.15, 0.2) is 12.4 Å². The van der Waals surface area contributed by atoms with Crippen LogP contribution in [0.4, 0.5) is 11.6 Å². The molecule has 1 aromatic rings. The van der Waals surface area contributed by atoms with Crippen molar-refractivity contribution < 1.29 is 4.79 Å². The van der Waals surface area contributed by atoms with Gasteiger partial charge in [-0.25, -0.2) is 9.97 Å². The van der Waals surface area contributed by atoms with Gasteiger partial charge in [-0.3, -0.25) is 4.79 Å². The number of likely N-dealkylation sites (N-methyl/N-ethyl adjacent to an activating group) is 1. The Hall–Kier alpha value is -1.85. The lowest BCUT2D eigenvalue weighted by atomic mass is 10.4. The topological polar surface area (TPSA) is 75.4 Å². The highest BCUT2D eigenvalue weighted by molar-refractivity contribution is 5.81. The monoisotopic (exact) mass is 235 g/mol. The van der Waals surface area contributed by atoms with Crippen molar-refractivity contribution in [1.29, 1.82) is 0 Å². The summed E-state index contributed by atoms with van der Waals surface area (Å²) in [6.07, 6.45) is 5.29. The number of aromatic nitrogens is 2. The van der Waals surface area contributed by atoms with Crippen LogP contribution in [-0.2, 0) is 4.79 Å². The molecule has 1 saturated heterocycles. The number of carbonyl (C=O) groups is 1. The molecule has 1 fully saturated rings. The molecule has 0 bridgehead atoms. The Bertz CT molecular complexity index is 385. The molecule has 0 aromatic carbocycles. The quantitative estimate of drug-likeness (QED) is 0.805. The van der Waals surface area contributed by atoms with E-state index in [2.05, 4.69) is 9.97 Å². The van der Waals surface area contributed by atoms with Crippen molar-refractivity contribution in [2.45, 2.75) is 12.8 Å². The highest BCUT2D eigenvalue weighted by Crippen LogP contribution is 2.10. The maximum Gasteiger partial charge on any atom is 0.242 e. The summed E-state index contributed by atoms with van der Waals surface area (Å²) in [5.74, 6) is 0.650. The van der Waals surface area contributed by atoms with Crippen molar-refractivity contribution in [2.75, 3.05) is 37.3 Å². The lowest BCUT2D eigenvalue weighted by Crippen LogP contribution is -2.37. The molecule has 92 valence electrons. The minimum Gasteiger partial charge on any atom is -0.396 e. The molecule has 1 aliphatic rings. The van der Waals surface area contributed by atoms with E-state index in [1.807, 2.05) is 4.90 Å². The van der Waals surface area contributed by atoms with E-state index in [-0.39, 0.29) is 5.91 Å². The number of likely N-dealkylation sites (tertiary alicyclic amines) is 1. The largest absolute Gasteiger partial charge is 0.396 e. The van der Waals surface area contributed by atoms with Crippen LogP contribution in [0.1, 0.15) is 12.8 Å². The molecule has 2 N–H and O–H groups in total. The molecular formula is C11H17N5O. The summed E-state index contributed by atoms with van der Waals surface area (Å²) in [4.78, 5) is 23.7. The third kappa shape index (κ3) is 2.83. The van der Waals surface area contributed by atoms with Gasteiger partial charge in [0.1, 0.15) is 0 Å². The molecule has 1 aliphatic heterocycles. The zero-order valence-electron chi connectivity index (χ0n) is 9.96. The average molecular weight is 235 g/mol. The Labute approximate surface area is 100 Å². The molecule has 0 radical (unpaired) electrons. The Balaban J connectivity index is 1.93. The van der Waals surface area contributed by atoms with Gasteiger partial charge in [-0.05, 0) is 12.8 Å². The standard InChI is InChI=1S/C11H17N5O/c1-15(11-13-6-9(12)7-14-11)8-10(17)16-4-2-3-5-16/h6-7H,2-5,8,12H2,1H3. The summed E-state index contributed by atoms with van der Waals surface area (Å²) >= 11 is 0. The number of anilines is 2. The number of nitrogen functional groups attached to an aromatic ring is 1. The molecule has 6 heteroatoms. The van der Waals surface area contributed by atoms with Gasteiger partial charge in [-0.1, -0.05) is 0 Å². The summed E-state index contributed by atoms with van der Waals surface area (Å²) in [5, 5.41) is 0. The highest BCUT2D eigenvalue weighted by atomic mass is 16.2. The Morgan fingerprint density at radius 2 is 2.00 bits per heavy atom. The average Bonchev–Trinajstić information content (AvgIpc) is 2.83. The molecule has 0 saturated carbocycles. The number of nitrogens with zero attached hydrogens (tertiary/aromatic N) is 4. The number of hydrogen-bond acceptors (Lipinski definition) is 5. The Morgan fingerprint density at radius 1 is 1.41 bits per heavy atom. The van der Waals surface area contributed by atoms with Crippen LogP contribution in [-0.4, -0.2) is 47.5 Å². The molecule has 2 rings (SSSR count). The SMILES string of the molecule is CN(CC(=O)N1CCCC1)c1ncc(N)cn1. The van der Waals surface area contributed by atoms with E-state index in [4.69, 9.17) is 5.73 Å². The molecule has 2 heterocycles. The number of rotatable bonds is 3. The van der Waals surface area contributed by atoms with Gasteiger partial charge in [0.2, 0.25) is 11.9 Å². The van der Waals surface area contributed by atoms with Crippen molar-refractivity contribution in [3.05, 3.63) is 12.4 Å². The van der Waals surface area contributed by atoms with Crippen LogP contribution in [0.2, 0.25) is 0 Å². The zero-order chi connectivity index (χ0) is 12.3. The van der Waals surface area contributed by atoms with Crippen LogP contribution in [0.3, 0.4) is 0 Å². The minimum absolute atomic E-state index is 0.130. The number of carbonyl (C=O) groups excluding carboxylic acids is 1. The number of hydrogen-bond donors (Lipinski definition) is 1. The van der Waals surface area contributed by atoms with E-state index >= 15 is 0 Å². The summed E-state index contributed by atoms with van der Waals surface area (Å²) in [6.45, 7) is 2.05. The third-order valence-corrected chi connectivity index (χ3v) is 2.83. The van der Waals surface area contributed by atoms with Crippen molar-refractivity contribution in [3.63, 3.8) is 0 Å². The van der Waals surface area contributed by atoms with Gasteiger partial charge in [-0.2, -0.15) is 0 Å². The van der Waals surface area contributed by atoms with E-state index in [1.165, 1.54) is 0 Å². The predicted octanol–water partition coefficient (Wildman–Crippen LogP) is 0.117. The van der Waals surface area contributed by atoms with Crippen LogP contribution < -0.4 is 10.6 Å². The van der Waals surface area contributed by atoms with E-state index in [1.54, 1.807) is 24.3 Å². The highest BCUT2D eigenvalue weighted by Gasteiger charge is 2.19. The second-order valence-electron chi connectivity index (χ2n) is 4.26. The fourth-order valence-electron chi connectivity index (χ4n) is 1.87. The maximum absolute atomic E-state index is 11.9. The Morgan fingerprint density at radius 3 is 2.59 bits per heavy atom. The summed E-state index contributed by atoms with van der Waals surface area (Å²) in [5.41, 5.74) is 6.03. The van der Waals surface area contributed by atoms with Gasteiger partial charge in [0.25, 0.3) is 0 Å². The van der Waals surface area contributed by atoms with E-state index in [0.29, 0.717) is 18.2 Å². The fourth-order valence-corrected chi connectivity index (χ4v) is 1.87. The second-order valence-corrected chi connectivity index (χ2v) is 4.26. The predicted molar refractivity (Wildman–Crippen MR) is 65.5 cm³/mol. The number of amides is 1. The molecule has 1 amide bonds. The molecule has 0 unspecified atom stereocenters. The van der Waals surface area contributed by atoms with Gasteiger partial charge in [0.05, 0.1) is 24.6 Å². The second kappa shape index (κ2) is 4.99. The fraction of sp³-hybridized carbons (Fsp3) is 0.545. The van der Waals surface area contributed by atoms with Crippen LogP contribution in [0.25, 0.3) is 0 Å². The van der Waals surface area contributed by atoms with Crippen molar-refractivity contribution in [3.8, 4) is 0 Å². The molecule has 6 nitrogen and oxygen atoms in total. The van der Waals surface area contributed by atoms with Crippen molar-refractivity contribution in [1.82, 2.24) is 14.9 Å². The smallest absolute Gasteiger partial charge is 0.242 e. The summed E-state index contributed by atoms with van der Waals surface area (Å²) < 4.78 is 0. The first-order chi connectivity index (χ1) is 8.16. The van der Waals surface area contributed by atoms with E-state index in [9.17, 15) is 4.79 Å². The molecule has 0 spiro atoms. The molecular weight excluding hydrogens is 218 g/mol. The van der Waals surface area contributed by atoms with Crippen LogP contribution in [0, 0.1) is 0 Å². The van der Waals surface area contributed by atoms with Crippen LogP contribution >= 0.6 is 0 Å². The molecule has 1 aromatic heterocycles. The molecule has 17 heavy (non-hydrogen) atoms. The molecule has 0 atom stereocenters. The van der Waals surface area contributed by atoms with Crippen LogP contribution in [0.5, 0.6) is 0 Å². The first kappa shape index (κ1) is 11.6. The third-order valence-electron chi connectivity index (χ3n) is 2.83. The van der Waals surface area contributed by atoms with Gasteiger partial charge in [0.15, 0.2) is 0 Å². The number of nitrogens with two attached hydrogens (primary N) is 1. The van der Waals surface area contributed by atoms with Gasteiger partial charge in [-0.15, -0.1) is 0 Å². The Kier molecular flexibility index (Phi) is 3.41. The van der Waals surface area contributed by atoms with Crippen molar-refractivity contribution >= 4 is 17.5 Å². The van der Waals surface area contributed by atoms with Gasteiger partial charge < -0.3 is 15.5 Å². The lowest BCUT2D eigenvalue weighted by molar-refractivity contribution is -0.128. The lowest BCUT2D eigenvalue weighted by Gasteiger charge is -2.21. The molecule has 0 aliphatic carbocycles. The van der Waals surface area contributed by atoms with E-state index < -0.39 is 0 Å².